The Morgan fingerprint density at radius 1 is 1.14 bits per heavy atom. The Labute approximate surface area is 211 Å². The molecule has 4 aromatic heterocycles. The first-order valence-electron chi connectivity index (χ1n) is 11.1. The van der Waals surface area contributed by atoms with Crippen molar-refractivity contribution in [2.45, 2.75) is 32.6 Å². The van der Waals surface area contributed by atoms with Crippen LogP contribution in [0.2, 0.25) is 0 Å². The van der Waals surface area contributed by atoms with Crippen LogP contribution in [0.25, 0.3) is 20.7 Å². The fourth-order valence-corrected chi connectivity index (χ4v) is 5.48. The number of thiophene rings is 1. The van der Waals surface area contributed by atoms with E-state index in [1.807, 2.05) is 49.1 Å². The predicted molar refractivity (Wildman–Crippen MR) is 142 cm³/mol. The molecule has 0 spiro atoms. The number of benzene rings is 1. The summed E-state index contributed by atoms with van der Waals surface area (Å²) in [5, 5.41) is 13.2. The van der Waals surface area contributed by atoms with Gasteiger partial charge in [-0.05, 0) is 23.8 Å². The van der Waals surface area contributed by atoms with Crippen molar-refractivity contribution in [3.05, 3.63) is 65.7 Å². The first-order valence-corrected chi connectivity index (χ1v) is 12.8. The van der Waals surface area contributed by atoms with Crippen molar-refractivity contribution < 1.29 is 4.79 Å². The van der Waals surface area contributed by atoms with Crippen LogP contribution < -0.4 is 10.6 Å². The monoisotopic (exact) mass is 503 g/mol. The van der Waals surface area contributed by atoms with Crippen LogP contribution in [0.15, 0.2) is 54.4 Å². The smallest absolute Gasteiger partial charge is 0.230 e. The molecule has 0 fully saturated rings. The van der Waals surface area contributed by atoms with Gasteiger partial charge in [-0.15, -0.1) is 22.7 Å². The summed E-state index contributed by atoms with van der Waals surface area (Å²) >= 11 is 3.08. The molecule has 2 N–H and O–H groups in total. The second-order valence-electron chi connectivity index (χ2n) is 9.28. The van der Waals surface area contributed by atoms with E-state index < -0.39 is 0 Å². The maximum Gasteiger partial charge on any atom is 0.230 e. The third-order valence-corrected chi connectivity index (χ3v) is 7.34. The van der Waals surface area contributed by atoms with Crippen molar-refractivity contribution in [3.63, 3.8) is 0 Å². The quantitative estimate of drug-likeness (QED) is 0.305. The standard InChI is InChI=1S/C25H25N7OS2/c1-25(2,3)20-13-34-24(30-20)31-21(33)9-15-5-7-17(8-6-15)29-23-22-18(26-14-27-23)10-19(35-22)16-11-28-32(4)12-16/h5-8,10-14H,9H2,1-4H3,(H,26,27,29)(H,30,31,33). The van der Waals surface area contributed by atoms with E-state index in [2.05, 4.69) is 57.5 Å². The molecule has 0 radical (unpaired) electrons. The van der Waals surface area contributed by atoms with Crippen molar-refractivity contribution in [2.75, 3.05) is 10.6 Å². The predicted octanol–water partition coefficient (Wildman–Crippen LogP) is 5.77. The highest BCUT2D eigenvalue weighted by atomic mass is 32.1. The first-order chi connectivity index (χ1) is 16.7. The van der Waals surface area contributed by atoms with Crippen LogP contribution >= 0.6 is 22.7 Å². The molecule has 178 valence electrons. The molecule has 0 aliphatic carbocycles. The number of carbonyl (C=O) groups is 1. The number of hydrogen-bond acceptors (Lipinski definition) is 8. The van der Waals surface area contributed by atoms with Gasteiger partial charge in [0.2, 0.25) is 5.91 Å². The molecule has 1 aromatic carbocycles. The molecule has 0 atom stereocenters. The molecule has 10 heteroatoms. The maximum absolute atomic E-state index is 12.5. The third-order valence-electron chi connectivity index (χ3n) is 5.40. The Balaban J connectivity index is 1.26. The summed E-state index contributed by atoms with van der Waals surface area (Å²) < 4.78 is 2.76. The number of aryl methyl sites for hydroxylation is 1. The van der Waals surface area contributed by atoms with E-state index in [9.17, 15) is 4.79 Å². The van der Waals surface area contributed by atoms with Crippen molar-refractivity contribution in [3.8, 4) is 10.4 Å². The minimum atomic E-state index is -0.0838. The average molecular weight is 504 g/mol. The zero-order valence-electron chi connectivity index (χ0n) is 19.9. The fraction of sp³-hybridized carbons (Fsp3) is 0.240. The lowest BCUT2D eigenvalue weighted by atomic mass is 9.93. The van der Waals surface area contributed by atoms with Crippen LogP contribution in [0.3, 0.4) is 0 Å². The van der Waals surface area contributed by atoms with Gasteiger partial charge in [0.15, 0.2) is 10.9 Å². The van der Waals surface area contributed by atoms with Crippen LogP contribution in [0, 0.1) is 0 Å². The number of rotatable bonds is 6. The fourth-order valence-electron chi connectivity index (χ4n) is 3.50. The highest BCUT2D eigenvalue weighted by molar-refractivity contribution is 7.22. The lowest BCUT2D eigenvalue weighted by Crippen LogP contribution is -2.15. The molecule has 5 aromatic rings. The van der Waals surface area contributed by atoms with Gasteiger partial charge in [0, 0.05) is 40.2 Å². The summed E-state index contributed by atoms with van der Waals surface area (Å²) in [5.41, 5.74) is 4.68. The summed E-state index contributed by atoms with van der Waals surface area (Å²) in [5.74, 6) is 0.665. The molecule has 5 rings (SSSR count). The Kier molecular flexibility index (Phi) is 6.08. The second kappa shape index (κ2) is 9.20. The highest BCUT2D eigenvalue weighted by Crippen LogP contribution is 2.36. The number of thiazole rings is 1. The molecule has 0 aliphatic heterocycles. The topological polar surface area (TPSA) is 97.6 Å². The van der Waals surface area contributed by atoms with Crippen LogP contribution in [0.1, 0.15) is 32.0 Å². The second-order valence-corrected chi connectivity index (χ2v) is 11.2. The maximum atomic E-state index is 12.5. The van der Waals surface area contributed by atoms with Gasteiger partial charge in [-0.2, -0.15) is 5.10 Å². The number of amides is 1. The number of fused-ring (bicyclic) bond motifs is 1. The molecule has 8 nitrogen and oxygen atoms in total. The average Bonchev–Trinajstić information content (AvgIpc) is 3.54. The number of anilines is 3. The van der Waals surface area contributed by atoms with Crippen LogP contribution in [0.4, 0.5) is 16.6 Å². The van der Waals surface area contributed by atoms with Crippen LogP contribution in [0.5, 0.6) is 0 Å². The molecule has 0 bridgehead atoms. The molecular formula is C25H25N7OS2. The van der Waals surface area contributed by atoms with Gasteiger partial charge >= 0.3 is 0 Å². The van der Waals surface area contributed by atoms with Gasteiger partial charge < -0.3 is 10.6 Å². The summed E-state index contributed by atoms with van der Waals surface area (Å²) in [6.45, 7) is 6.32. The van der Waals surface area contributed by atoms with Crippen molar-refractivity contribution in [1.82, 2.24) is 24.7 Å². The van der Waals surface area contributed by atoms with E-state index in [-0.39, 0.29) is 17.7 Å². The third kappa shape index (κ3) is 5.23. The zero-order valence-corrected chi connectivity index (χ0v) is 21.5. The lowest BCUT2D eigenvalue weighted by Gasteiger charge is -2.14. The molecule has 0 unspecified atom stereocenters. The molecule has 0 aliphatic rings. The van der Waals surface area contributed by atoms with E-state index in [0.29, 0.717) is 5.13 Å². The number of nitrogens with zero attached hydrogens (tertiary/aromatic N) is 5. The molecule has 0 saturated heterocycles. The van der Waals surface area contributed by atoms with E-state index in [1.54, 1.807) is 22.3 Å². The Bertz CT molecular complexity index is 1490. The van der Waals surface area contributed by atoms with E-state index in [0.717, 1.165) is 43.4 Å². The van der Waals surface area contributed by atoms with Gasteiger partial charge in [-0.25, -0.2) is 15.0 Å². The van der Waals surface area contributed by atoms with E-state index in [1.165, 1.54) is 11.3 Å². The van der Waals surface area contributed by atoms with Gasteiger partial charge in [-0.3, -0.25) is 9.48 Å². The van der Waals surface area contributed by atoms with Gasteiger partial charge in [0.25, 0.3) is 0 Å². The SMILES string of the molecule is Cn1cc(-c2cc3ncnc(Nc4ccc(CC(=O)Nc5nc(C(C)(C)C)cs5)cc4)c3s2)cn1. The molecular weight excluding hydrogens is 478 g/mol. The number of carbonyl (C=O) groups excluding carboxylic acids is 1. The van der Waals surface area contributed by atoms with E-state index >= 15 is 0 Å². The Hall–Kier alpha value is -3.63. The number of hydrogen-bond donors (Lipinski definition) is 2. The van der Waals surface area contributed by atoms with E-state index in [4.69, 9.17) is 0 Å². The minimum absolute atomic E-state index is 0.0407. The van der Waals surface area contributed by atoms with Crippen LogP contribution in [-0.4, -0.2) is 30.6 Å². The lowest BCUT2D eigenvalue weighted by molar-refractivity contribution is -0.115. The largest absolute Gasteiger partial charge is 0.339 e. The number of nitrogens with one attached hydrogen (secondary N) is 2. The molecule has 1 amide bonds. The van der Waals surface area contributed by atoms with Gasteiger partial charge in [0.1, 0.15) is 6.33 Å². The Morgan fingerprint density at radius 2 is 1.94 bits per heavy atom. The Morgan fingerprint density at radius 3 is 2.63 bits per heavy atom. The summed E-state index contributed by atoms with van der Waals surface area (Å²) in [6.07, 6.45) is 5.67. The van der Waals surface area contributed by atoms with Gasteiger partial charge in [-0.1, -0.05) is 32.9 Å². The van der Waals surface area contributed by atoms with Crippen molar-refractivity contribution in [1.29, 1.82) is 0 Å². The summed E-state index contributed by atoms with van der Waals surface area (Å²) in [7, 11) is 1.90. The molecule has 0 saturated carbocycles. The first kappa shape index (κ1) is 23.1. The highest BCUT2D eigenvalue weighted by Gasteiger charge is 2.18. The normalized spacial score (nSPS) is 11.7. The number of aromatic nitrogens is 5. The zero-order chi connectivity index (χ0) is 24.6. The summed E-state index contributed by atoms with van der Waals surface area (Å²) in [6, 6.07) is 9.84. The van der Waals surface area contributed by atoms with Crippen molar-refractivity contribution >= 4 is 55.4 Å². The molecule has 4 heterocycles. The van der Waals surface area contributed by atoms with Gasteiger partial charge in [0.05, 0.1) is 28.5 Å². The summed E-state index contributed by atoms with van der Waals surface area (Å²) in [4.78, 5) is 27.0. The van der Waals surface area contributed by atoms with Crippen LogP contribution in [-0.2, 0) is 23.7 Å². The molecule has 35 heavy (non-hydrogen) atoms. The van der Waals surface area contributed by atoms with Crippen molar-refractivity contribution in [2.24, 2.45) is 7.05 Å². The minimum Gasteiger partial charge on any atom is -0.339 e.